The first-order chi connectivity index (χ1) is 9.34. The first-order valence-corrected chi connectivity index (χ1v) is 7.22. The smallest absolute Gasteiger partial charge is 0.0948 e. The Balaban J connectivity index is 1.72. The topological polar surface area (TPSA) is 28.2 Å². The molecule has 0 spiro atoms. The van der Waals surface area contributed by atoms with Crippen LogP contribution in [0.4, 0.5) is 5.69 Å². The van der Waals surface area contributed by atoms with Crippen LogP contribution in [0.5, 0.6) is 0 Å². The number of hydrogen-bond acceptors (Lipinski definition) is 3. The lowest BCUT2D eigenvalue weighted by Crippen LogP contribution is -2.26. The fraction of sp³-hybridized carbons (Fsp3) is 0.400. The van der Waals surface area contributed by atoms with E-state index in [4.69, 9.17) is 11.6 Å². The lowest BCUT2D eigenvalue weighted by Gasteiger charge is -2.16. The lowest BCUT2D eigenvalue weighted by molar-refractivity contribution is 0.353. The fourth-order valence-corrected chi connectivity index (χ4v) is 2.85. The number of anilines is 1. The van der Waals surface area contributed by atoms with E-state index in [1.165, 1.54) is 25.9 Å². The van der Waals surface area contributed by atoms with Crippen LogP contribution in [0.15, 0.2) is 30.5 Å². The Morgan fingerprint density at radius 1 is 1.21 bits per heavy atom. The normalized spacial score (nSPS) is 16.1. The molecule has 1 aliphatic rings. The molecule has 19 heavy (non-hydrogen) atoms. The van der Waals surface area contributed by atoms with Gasteiger partial charge in [0.25, 0.3) is 0 Å². The Bertz CT molecular complexity index is 564. The van der Waals surface area contributed by atoms with Crippen LogP contribution in [0.2, 0.25) is 5.02 Å². The monoisotopic (exact) mass is 275 g/mol. The molecule has 0 amide bonds. The molecule has 2 heterocycles. The number of benzene rings is 1. The molecule has 4 heteroatoms. The highest BCUT2D eigenvalue weighted by atomic mass is 35.5. The van der Waals surface area contributed by atoms with E-state index in [2.05, 4.69) is 15.2 Å². The fourth-order valence-electron chi connectivity index (χ4n) is 2.64. The van der Waals surface area contributed by atoms with Crippen LogP contribution < -0.4 is 5.32 Å². The Hall–Kier alpha value is -1.32. The zero-order valence-corrected chi connectivity index (χ0v) is 11.7. The number of likely N-dealkylation sites (tertiary alicyclic amines) is 1. The largest absolute Gasteiger partial charge is 0.382 e. The third kappa shape index (κ3) is 2.82. The molecule has 1 fully saturated rings. The first-order valence-electron chi connectivity index (χ1n) is 6.84. The van der Waals surface area contributed by atoms with E-state index >= 15 is 0 Å². The van der Waals surface area contributed by atoms with E-state index < -0.39 is 0 Å². The summed E-state index contributed by atoms with van der Waals surface area (Å²) in [5.41, 5.74) is 2.02. The Morgan fingerprint density at radius 2 is 2.05 bits per heavy atom. The minimum absolute atomic E-state index is 0.758. The number of pyridine rings is 1. The predicted molar refractivity (Wildman–Crippen MR) is 80.9 cm³/mol. The van der Waals surface area contributed by atoms with Crippen LogP contribution in [0.3, 0.4) is 0 Å². The standard InChI is InChI=1S/C15H18ClN3/c16-13-5-6-14(15-12(13)4-3-7-18-15)17-8-11-19-9-1-2-10-19/h3-7,17H,1-2,8-11H2. The van der Waals surface area contributed by atoms with Gasteiger partial charge in [-0.15, -0.1) is 0 Å². The maximum absolute atomic E-state index is 6.19. The lowest BCUT2D eigenvalue weighted by atomic mass is 10.2. The molecular weight excluding hydrogens is 258 g/mol. The third-order valence-corrected chi connectivity index (χ3v) is 3.99. The molecule has 1 N–H and O–H groups in total. The molecule has 1 aromatic heterocycles. The number of nitrogens with zero attached hydrogens (tertiary/aromatic N) is 2. The van der Waals surface area contributed by atoms with E-state index in [0.29, 0.717) is 0 Å². The van der Waals surface area contributed by atoms with Crippen molar-refractivity contribution < 1.29 is 0 Å². The van der Waals surface area contributed by atoms with Gasteiger partial charge in [0.2, 0.25) is 0 Å². The van der Waals surface area contributed by atoms with E-state index in [1.54, 1.807) is 0 Å². The number of halogens is 1. The van der Waals surface area contributed by atoms with Gasteiger partial charge in [-0.2, -0.15) is 0 Å². The molecule has 3 nitrogen and oxygen atoms in total. The van der Waals surface area contributed by atoms with Gasteiger partial charge < -0.3 is 10.2 Å². The highest BCUT2D eigenvalue weighted by Gasteiger charge is 2.11. The minimum atomic E-state index is 0.758. The molecule has 0 radical (unpaired) electrons. The van der Waals surface area contributed by atoms with E-state index in [9.17, 15) is 0 Å². The van der Waals surface area contributed by atoms with Crippen molar-refractivity contribution in [3.8, 4) is 0 Å². The van der Waals surface area contributed by atoms with Crippen molar-refractivity contribution in [2.24, 2.45) is 0 Å². The van der Waals surface area contributed by atoms with Gasteiger partial charge in [-0.1, -0.05) is 11.6 Å². The van der Waals surface area contributed by atoms with Gasteiger partial charge >= 0.3 is 0 Å². The molecule has 1 aliphatic heterocycles. The van der Waals surface area contributed by atoms with Crippen molar-refractivity contribution >= 4 is 28.2 Å². The Kier molecular flexibility index (Phi) is 3.85. The number of aromatic nitrogens is 1. The van der Waals surface area contributed by atoms with Crippen LogP contribution in [-0.4, -0.2) is 36.1 Å². The molecule has 0 aliphatic carbocycles. The molecule has 0 saturated carbocycles. The average molecular weight is 276 g/mol. The Labute approximate surface area is 118 Å². The zero-order valence-electron chi connectivity index (χ0n) is 10.9. The van der Waals surface area contributed by atoms with Crippen molar-refractivity contribution in [2.75, 3.05) is 31.5 Å². The summed E-state index contributed by atoms with van der Waals surface area (Å²) in [7, 11) is 0. The van der Waals surface area contributed by atoms with Gasteiger partial charge in [0.05, 0.1) is 16.2 Å². The second-order valence-electron chi connectivity index (χ2n) is 4.97. The van der Waals surface area contributed by atoms with Crippen molar-refractivity contribution in [1.82, 2.24) is 9.88 Å². The molecule has 100 valence electrons. The van der Waals surface area contributed by atoms with Crippen molar-refractivity contribution in [1.29, 1.82) is 0 Å². The first kappa shape index (κ1) is 12.7. The number of hydrogen-bond donors (Lipinski definition) is 1. The number of fused-ring (bicyclic) bond motifs is 1. The van der Waals surface area contributed by atoms with Gasteiger partial charge in [-0.3, -0.25) is 4.98 Å². The van der Waals surface area contributed by atoms with Gasteiger partial charge in [-0.05, 0) is 50.2 Å². The second-order valence-corrected chi connectivity index (χ2v) is 5.38. The molecule has 1 aromatic carbocycles. The van der Waals surface area contributed by atoms with Crippen LogP contribution in [-0.2, 0) is 0 Å². The average Bonchev–Trinajstić information content (AvgIpc) is 2.95. The minimum Gasteiger partial charge on any atom is -0.382 e. The maximum atomic E-state index is 6.19. The summed E-state index contributed by atoms with van der Waals surface area (Å²) in [4.78, 5) is 6.93. The molecule has 1 saturated heterocycles. The summed E-state index contributed by atoms with van der Waals surface area (Å²) in [6.45, 7) is 4.52. The second kappa shape index (κ2) is 5.76. The molecular formula is C15H18ClN3. The van der Waals surface area contributed by atoms with E-state index in [1.807, 2.05) is 30.5 Å². The summed E-state index contributed by atoms with van der Waals surface area (Å²) in [5.74, 6) is 0. The molecule has 0 atom stereocenters. The van der Waals surface area contributed by atoms with Gasteiger partial charge in [0, 0.05) is 24.7 Å². The highest BCUT2D eigenvalue weighted by Crippen LogP contribution is 2.27. The quantitative estimate of drug-likeness (QED) is 0.927. The van der Waals surface area contributed by atoms with E-state index in [0.717, 1.165) is 34.7 Å². The summed E-state index contributed by atoms with van der Waals surface area (Å²) in [6, 6.07) is 7.88. The van der Waals surface area contributed by atoms with Crippen LogP contribution in [0.1, 0.15) is 12.8 Å². The van der Waals surface area contributed by atoms with E-state index in [-0.39, 0.29) is 0 Å². The molecule has 0 bridgehead atoms. The summed E-state index contributed by atoms with van der Waals surface area (Å²) >= 11 is 6.19. The van der Waals surface area contributed by atoms with Gasteiger partial charge in [0.15, 0.2) is 0 Å². The molecule has 2 aromatic rings. The zero-order chi connectivity index (χ0) is 13.1. The SMILES string of the molecule is Clc1ccc(NCCN2CCCC2)c2ncccc12. The number of rotatable bonds is 4. The molecule has 0 unspecified atom stereocenters. The predicted octanol–water partition coefficient (Wildman–Crippen LogP) is 3.40. The summed E-state index contributed by atoms with van der Waals surface area (Å²) in [5, 5.41) is 5.25. The highest BCUT2D eigenvalue weighted by molar-refractivity contribution is 6.35. The van der Waals surface area contributed by atoms with Crippen molar-refractivity contribution in [2.45, 2.75) is 12.8 Å². The van der Waals surface area contributed by atoms with Crippen LogP contribution in [0.25, 0.3) is 10.9 Å². The van der Waals surface area contributed by atoms with Crippen molar-refractivity contribution in [3.05, 3.63) is 35.5 Å². The van der Waals surface area contributed by atoms with Crippen LogP contribution in [0, 0.1) is 0 Å². The van der Waals surface area contributed by atoms with Gasteiger partial charge in [0.1, 0.15) is 0 Å². The maximum Gasteiger partial charge on any atom is 0.0948 e. The third-order valence-electron chi connectivity index (χ3n) is 3.66. The Morgan fingerprint density at radius 3 is 2.89 bits per heavy atom. The van der Waals surface area contributed by atoms with Crippen molar-refractivity contribution in [3.63, 3.8) is 0 Å². The van der Waals surface area contributed by atoms with Gasteiger partial charge in [-0.25, -0.2) is 0 Å². The summed E-state index contributed by atoms with van der Waals surface area (Å²) < 4.78 is 0. The molecule has 3 rings (SSSR count). The van der Waals surface area contributed by atoms with Crippen LogP contribution >= 0.6 is 11.6 Å². The summed E-state index contributed by atoms with van der Waals surface area (Å²) in [6.07, 6.45) is 4.49. The number of nitrogens with one attached hydrogen (secondary N) is 1.